The molecule has 0 saturated heterocycles. The minimum absolute atomic E-state index is 0.0319. The molecule has 2 aromatic carbocycles. The summed E-state index contributed by atoms with van der Waals surface area (Å²) in [4.78, 5) is 0.123. The maximum atomic E-state index is 12.9. The van der Waals surface area contributed by atoms with Crippen molar-refractivity contribution < 1.29 is 18.3 Å². The fourth-order valence-electron chi connectivity index (χ4n) is 2.46. The van der Waals surface area contributed by atoms with E-state index in [-0.39, 0.29) is 16.7 Å². The molecule has 0 bridgehead atoms. The number of nitrogens with zero attached hydrogens (tertiary/aromatic N) is 1. The molecule has 0 spiro atoms. The monoisotopic (exact) mass is 333 g/mol. The second-order valence-electron chi connectivity index (χ2n) is 5.63. The summed E-state index contributed by atoms with van der Waals surface area (Å²) >= 11 is 0. The van der Waals surface area contributed by atoms with Gasteiger partial charge in [-0.05, 0) is 48.7 Å². The van der Waals surface area contributed by atoms with Crippen LogP contribution in [0.2, 0.25) is 0 Å². The van der Waals surface area contributed by atoms with Gasteiger partial charge in [0.2, 0.25) is 10.0 Å². The molecule has 0 radical (unpaired) electrons. The molecule has 0 aliphatic heterocycles. The predicted molar refractivity (Wildman–Crippen MR) is 86.9 cm³/mol. The smallest absolute Gasteiger partial charge is 0.243 e. The summed E-state index contributed by atoms with van der Waals surface area (Å²) < 4.78 is 32.4. The topological polar surface area (TPSA) is 66.8 Å². The number of aromatic hydroxyl groups is 1. The molecule has 1 N–H and O–H groups in total. The number of benzene rings is 2. The number of ether oxygens (including phenoxy) is 1. The van der Waals surface area contributed by atoms with Crippen LogP contribution in [-0.4, -0.2) is 31.0 Å². The highest BCUT2D eigenvalue weighted by atomic mass is 32.2. The van der Waals surface area contributed by atoms with Crippen molar-refractivity contribution >= 4 is 10.0 Å². The molecule has 1 saturated carbocycles. The normalized spacial score (nSPS) is 14.9. The van der Waals surface area contributed by atoms with Gasteiger partial charge in [-0.1, -0.05) is 18.2 Å². The Kier molecular flexibility index (Phi) is 4.28. The second-order valence-corrected chi connectivity index (χ2v) is 7.52. The summed E-state index contributed by atoms with van der Waals surface area (Å²) in [5.74, 6) is 0.689. The first-order chi connectivity index (χ1) is 11.0. The third-order valence-corrected chi connectivity index (χ3v) is 5.77. The van der Waals surface area contributed by atoms with E-state index in [4.69, 9.17) is 4.74 Å². The van der Waals surface area contributed by atoms with E-state index in [2.05, 4.69) is 0 Å². The zero-order valence-corrected chi connectivity index (χ0v) is 13.7. The summed E-state index contributed by atoms with van der Waals surface area (Å²) in [5.41, 5.74) is 0.904. The Morgan fingerprint density at radius 1 is 1.17 bits per heavy atom. The average Bonchev–Trinajstić information content (AvgIpc) is 3.37. The molecule has 0 atom stereocenters. The fourth-order valence-corrected chi connectivity index (χ4v) is 4.18. The van der Waals surface area contributed by atoms with E-state index in [1.165, 1.54) is 22.5 Å². The minimum Gasteiger partial charge on any atom is -0.508 e. The summed E-state index contributed by atoms with van der Waals surface area (Å²) in [7, 11) is -2.04. The summed E-state index contributed by atoms with van der Waals surface area (Å²) in [6.07, 6.45) is 1.74. The van der Waals surface area contributed by atoms with Crippen LogP contribution in [0.5, 0.6) is 11.5 Å². The maximum absolute atomic E-state index is 12.9. The van der Waals surface area contributed by atoms with E-state index in [1.807, 2.05) is 24.3 Å². The summed E-state index contributed by atoms with van der Waals surface area (Å²) in [6.45, 7) is 0.312. The third kappa shape index (κ3) is 3.48. The largest absolute Gasteiger partial charge is 0.508 e. The van der Waals surface area contributed by atoms with Crippen LogP contribution in [0.4, 0.5) is 0 Å². The Morgan fingerprint density at radius 2 is 1.87 bits per heavy atom. The van der Waals surface area contributed by atoms with Gasteiger partial charge in [-0.3, -0.25) is 0 Å². The molecule has 2 aromatic rings. The van der Waals surface area contributed by atoms with Crippen LogP contribution in [0.15, 0.2) is 53.4 Å². The molecule has 23 heavy (non-hydrogen) atoms. The molecule has 1 fully saturated rings. The second kappa shape index (κ2) is 6.22. The van der Waals surface area contributed by atoms with Crippen LogP contribution in [0, 0.1) is 0 Å². The fraction of sp³-hybridized carbons (Fsp3) is 0.294. The molecule has 122 valence electrons. The maximum Gasteiger partial charge on any atom is 0.243 e. The van der Waals surface area contributed by atoms with Crippen molar-refractivity contribution in [3.63, 3.8) is 0 Å². The van der Waals surface area contributed by atoms with Crippen molar-refractivity contribution in [2.24, 2.45) is 0 Å². The van der Waals surface area contributed by atoms with E-state index in [1.54, 1.807) is 13.2 Å². The number of methoxy groups -OCH3 is 1. The van der Waals surface area contributed by atoms with Crippen molar-refractivity contribution in [1.29, 1.82) is 0 Å². The van der Waals surface area contributed by atoms with Crippen LogP contribution in [0.1, 0.15) is 18.4 Å². The van der Waals surface area contributed by atoms with Gasteiger partial charge in [0.15, 0.2) is 0 Å². The molecule has 0 unspecified atom stereocenters. The van der Waals surface area contributed by atoms with Crippen LogP contribution >= 0.6 is 0 Å². The highest BCUT2D eigenvalue weighted by Crippen LogP contribution is 2.34. The Balaban J connectivity index is 1.89. The first-order valence-electron chi connectivity index (χ1n) is 7.44. The van der Waals surface area contributed by atoms with Crippen LogP contribution in [-0.2, 0) is 16.6 Å². The van der Waals surface area contributed by atoms with E-state index >= 15 is 0 Å². The van der Waals surface area contributed by atoms with E-state index in [0.717, 1.165) is 24.2 Å². The van der Waals surface area contributed by atoms with Crippen molar-refractivity contribution in [1.82, 2.24) is 4.31 Å². The van der Waals surface area contributed by atoms with Crippen LogP contribution in [0.25, 0.3) is 0 Å². The van der Waals surface area contributed by atoms with E-state index < -0.39 is 10.0 Å². The third-order valence-electron chi connectivity index (χ3n) is 3.88. The van der Waals surface area contributed by atoms with Crippen molar-refractivity contribution in [2.75, 3.05) is 7.11 Å². The summed E-state index contributed by atoms with van der Waals surface area (Å²) in [6, 6.07) is 13.2. The van der Waals surface area contributed by atoms with Crippen LogP contribution in [0.3, 0.4) is 0 Å². The SMILES string of the molecule is COc1ccc(CN(C2CC2)S(=O)(=O)c2cccc(O)c2)cc1. The number of hydrogen-bond donors (Lipinski definition) is 1. The van der Waals surface area contributed by atoms with Gasteiger partial charge >= 0.3 is 0 Å². The molecule has 0 aromatic heterocycles. The van der Waals surface area contributed by atoms with Gasteiger partial charge in [0.25, 0.3) is 0 Å². The number of hydrogen-bond acceptors (Lipinski definition) is 4. The first-order valence-corrected chi connectivity index (χ1v) is 8.88. The number of phenols is 1. The Labute approximate surface area is 136 Å². The van der Waals surface area contributed by atoms with Crippen molar-refractivity contribution in [3.05, 3.63) is 54.1 Å². The lowest BCUT2D eigenvalue weighted by atomic mass is 10.2. The molecule has 3 rings (SSSR count). The molecule has 0 amide bonds. The van der Waals surface area contributed by atoms with E-state index in [9.17, 15) is 13.5 Å². The van der Waals surface area contributed by atoms with Crippen molar-refractivity contribution in [3.8, 4) is 11.5 Å². The van der Waals surface area contributed by atoms with Gasteiger partial charge in [0.05, 0.1) is 12.0 Å². The predicted octanol–water partition coefficient (Wildman–Crippen LogP) is 2.75. The first kappa shape index (κ1) is 15.8. The van der Waals surface area contributed by atoms with Gasteiger partial charge in [0.1, 0.15) is 11.5 Å². The zero-order valence-electron chi connectivity index (χ0n) is 12.8. The van der Waals surface area contributed by atoms with Crippen molar-refractivity contribution in [2.45, 2.75) is 30.3 Å². The van der Waals surface area contributed by atoms with E-state index in [0.29, 0.717) is 6.54 Å². The van der Waals surface area contributed by atoms with Crippen LogP contribution < -0.4 is 4.74 Å². The quantitative estimate of drug-likeness (QED) is 0.883. The molecule has 0 heterocycles. The Bertz CT molecular complexity index is 782. The lowest BCUT2D eigenvalue weighted by Gasteiger charge is -2.22. The Morgan fingerprint density at radius 3 is 2.43 bits per heavy atom. The van der Waals surface area contributed by atoms with Gasteiger partial charge in [0, 0.05) is 12.6 Å². The number of phenolic OH excluding ortho intramolecular Hbond substituents is 1. The molecule has 6 heteroatoms. The van der Waals surface area contributed by atoms with Gasteiger partial charge < -0.3 is 9.84 Å². The summed E-state index contributed by atoms with van der Waals surface area (Å²) in [5, 5.41) is 9.56. The lowest BCUT2D eigenvalue weighted by Crippen LogP contribution is -2.32. The minimum atomic E-state index is -3.63. The number of sulfonamides is 1. The lowest BCUT2D eigenvalue weighted by molar-refractivity contribution is 0.396. The molecule has 1 aliphatic carbocycles. The highest BCUT2D eigenvalue weighted by molar-refractivity contribution is 7.89. The zero-order chi connectivity index (χ0) is 16.4. The molecule has 1 aliphatic rings. The number of rotatable bonds is 6. The molecular weight excluding hydrogens is 314 g/mol. The van der Waals surface area contributed by atoms with Gasteiger partial charge in [-0.25, -0.2) is 8.42 Å². The van der Waals surface area contributed by atoms with Gasteiger partial charge in [-0.2, -0.15) is 4.31 Å². The highest BCUT2D eigenvalue weighted by Gasteiger charge is 2.38. The standard InChI is InChI=1S/C17H19NO4S/c1-22-16-9-5-13(6-10-16)12-18(14-7-8-14)23(20,21)17-4-2-3-15(19)11-17/h2-6,9-11,14,19H,7-8,12H2,1H3. The van der Waals surface area contributed by atoms with Gasteiger partial charge in [-0.15, -0.1) is 0 Å². The Hall–Kier alpha value is -2.05. The average molecular weight is 333 g/mol. The molecule has 5 nitrogen and oxygen atoms in total. The molecular formula is C17H19NO4S.